The Bertz CT molecular complexity index is 417. The van der Waals surface area contributed by atoms with Gasteiger partial charge in [0.25, 0.3) is 0 Å². The summed E-state index contributed by atoms with van der Waals surface area (Å²) in [6.45, 7) is 6.48. The van der Waals surface area contributed by atoms with Gasteiger partial charge in [-0.05, 0) is 35.9 Å². The van der Waals surface area contributed by atoms with Crippen molar-refractivity contribution in [2.45, 2.75) is 39.8 Å². The molecule has 1 aromatic carbocycles. The third-order valence-corrected chi connectivity index (χ3v) is 3.79. The van der Waals surface area contributed by atoms with Gasteiger partial charge in [-0.1, -0.05) is 38.1 Å². The van der Waals surface area contributed by atoms with Crippen molar-refractivity contribution in [3.63, 3.8) is 0 Å². The summed E-state index contributed by atoms with van der Waals surface area (Å²) in [7, 11) is 0. The summed E-state index contributed by atoms with van der Waals surface area (Å²) < 4.78 is 0. The number of hydrogen-bond acceptors (Lipinski definition) is 2. The SMILES string of the molecule is CC(C)C[C@H](CN)CC(=O)N1Cc2ccccc2C1. The monoisotopic (exact) mass is 260 g/mol. The topological polar surface area (TPSA) is 46.3 Å². The second-order valence-electron chi connectivity index (χ2n) is 5.95. The van der Waals surface area contributed by atoms with Crippen LogP contribution in [0.5, 0.6) is 0 Å². The Balaban J connectivity index is 1.92. The molecule has 2 N–H and O–H groups in total. The van der Waals surface area contributed by atoms with E-state index in [0.29, 0.717) is 24.8 Å². The first-order chi connectivity index (χ1) is 9.10. The fourth-order valence-electron chi connectivity index (χ4n) is 2.82. The van der Waals surface area contributed by atoms with Crippen LogP contribution in [0.1, 0.15) is 37.8 Å². The van der Waals surface area contributed by atoms with E-state index >= 15 is 0 Å². The highest BCUT2D eigenvalue weighted by Crippen LogP contribution is 2.24. The first-order valence-corrected chi connectivity index (χ1v) is 7.14. The smallest absolute Gasteiger partial charge is 0.223 e. The van der Waals surface area contributed by atoms with E-state index in [9.17, 15) is 4.79 Å². The van der Waals surface area contributed by atoms with Gasteiger partial charge in [0.1, 0.15) is 0 Å². The Labute approximate surface area is 115 Å². The van der Waals surface area contributed by atoms with Crippen LogP contribution >= 0.6 is 0 Å². The Kier molecular flexibility index (Phi) is 4.59. The van der Waals surface area contributed by atoms with Crippen LogP contribution in [0.15, 0.2) is 24.3 Å². The standard InChI is InChI=1S/C16H24N2O/c1-12(2)7-13(9-17)8-16(19)18-10-14-5-3-4-6-15(14)11-18/h3-6,12-13H,7-11,17H2,1-2H3/t13-/m0/s1. The highest BCUT2D eigenvalue weighted by atomic mass is 16.2. The van der Waals surface area contributed by atoms with Gasteiger partial charge in [-0.15, -0.1) is 0 Å². The van der Waals surface area contributed by atoms with Crippen molar-refractivity contribution in [1.29, 1.82) is 0 Å². The molecule has 0 unspecified atom stereocenters. The number of amides is 1. The van der Waals surface area contributed by atoms with Gasteiger partial charge in [0, 0.05) is 19.5 Å². The number of benzene rings is 1. The lowest BCUT2D eigenvalue weighted by molar-refractivity contribution is -0.132. The van der Waals surface area contributed by atoms with Gasteiger partial charge in [-0.25, -0.2) is 0 Å². The van der Waals surface area contributed by atoms with Crippen LogP contribution < -0.4 is 5.73 Å². The minimum Gasteiger partial charge on any atom is -0.334 e. The summed E-state index contributed by atoms with van der Waals surface area (Å²) >= 11 is 0. The second kappa shape index (κ2) is 6.20. The molecule has 19 heavy (non-hydrogen) atoms. The van der Waals surface area contributed by atoms with E-state index < -0.39 is 0 Å². The molecule has 0 radical (unpaired) electrons. The lowest BCUT2D eigenvalue weighted by atomic mass is 9.94. The van der Waals surface area contributed by atoms with E-state index in [1.165, 1.54) is 11.1 Å². The molecule has 3 heteroatoms. The van der Waals surface area contributed by atoms with Gasteiger partial charge in [0.2, 0.25) is 5.91 Å². The van der Waals surface area contributed by atoms with Crippen molar-refractivity contribution in [3.8, 4) is 0 Å². The molecule has 3 nitrogen and oxygen atoms in total. The Morgan fingerprint density at radius 1 is 1.26 bits per heavy atom. The predicted molar refractivity (Wildman–Crippen MR) is 77.3 cm³/mol. The normalized spacial score (nSPS) is 15.7. The van der Waals surface area contributed by atoms with Crippen molar-refractivity contribution in [2.24, 2.45) is 17.6 Å². The highest BCUT2D eigenvalue weighted by molar-refractivity contribution is 5.77. The molecule has 0 aliphatic carbocycles. The van der Waals surface area contributed by atoms with Gasteiger partial charge in [-0.3, -0.25) is 4.79 Å². The van der Waals surface area contributed by atoms with Crippen LogP contribution in [0.25, 0.3) is 0 Å². The molecule has 0 aromatic heterocycles. The van der Waals surface area contributed by atoms with Crippen LogP contribution in [0.3, 0.4) is 0 Å². The molecule has 1 aliphatic rings. The fraction of sp³-hybridized carbons (Fsp3) is 0.562. The molecule has 1 aliphatic heterocycles. The number of nitrogens with zero attached hydrogens (tertiary/aromatic N) is 1. The summed E-state index contributed by atoms with van der Waals surface area (Å²) in [5, 5.41) is 0. The van der Waals surface area contributed by atoms with Gasteiger partial charge < -0.3 is 10.6 Å². The Morgan fingerprint density at radius 3 is 2.32 bits per heavy atom. The minimum atomic E-state index is 0.243. The average Bonchev–Trinajstić information content (AvgIpc) is 2.81. The van der Waals surface area contributed by atoms with Crippen LogP contribution in [-0.4, -0.2) is 17.4 Å². The van der Waals surface area contributed by atoms with E-state index in [2.05, 4.69) is 26.0 Å². The van der Waals surface area contributed by atoms with E-state index in [4.69, 9.17) is 5.73 Å². The summed E-state index contributed by atoms with van der Waals surface area (Å²) in [5.74, 6) is 1.15. The minimum absolute atomic E-state index is 0.243. The molecule has 1 heterocycles. The maximum Gasteiger partial charge on any atom is 0.223 e. The molecule has 1 atom stereocenters. The molecule has 2 rings (SSSR count). The zero-order valence-corrected chi connectivity index (χ0v) is 11.9. The molecule has 0 saturated heterocycles. The van der Waals surface area contributed by atoms with Crippen molar-refractivity contribution in [3.05, 3.63) is 35.4 Å². The van der Waals surface area contributed by atoms with Gasteiger partial charge in [-0.2, -0.15) is 0 Å². The number of hydrogen-bond donors (Lipinski definition) is 1. The molecular formula is C16H24N2O. The van der Waals surface area contributed by atoms with Crippen LogP contribution in [0.2, 0.25) is 0 Å². The number of nitrogens with two attached hydrogens (primary N) is 1. The molecular weight excluding hydrogens is 236 g/mol. The molecule has 1 aromatic rings. The summed E-state index contributed by atoms with van der Waals surface area (Å²) in [6, 6.07) is 8.29. The lowest BCUT2D eigenvalue weighted by Gasteiger charge is -2.21. The molecule has 0 spiro atoms. The maximum absolute atomic E-state index is 12.3. The van der Waals surface area contributed by atoms with Crippen molar-refractivity contribution in [2.75, 3.05) is 6.54 Å². The predicted octanol–water partition coefficient (Wildman–Crippen LogP) is 2.54. The number of fused-ring (bicyclic) bond motifs is 1. The van der Waals surface area contributed by atoms with Crippen molar-refractivity contribution < 1.29 is 4.79 Å². The van der Waals surface area contributed by atoms with Gasteiger partial charge in [0.05, 0.1) is 0 Å². The van der Waals surface area contributed by atoms with Gasteiger partial charge >= 0.3 is 0 Å². The number of carbonyl (C=O) groups excluding carboxylic acids is 1. The zero-order chi connectivity index (χ0) is 13.8. The van der Waals surface area contributed by atoms with E-state index in [-0.39, 0.29) is 5.91 Å². The van der Waals surface area contributed by atoms with E-state index in [1.807, 2.05) is 17.0 Å². The number of carbonyl (C=O) groups is 1. The first-order valence-electron chi connectivity index (χ1n) is 7.14. The van der Waals surface area contributed by atoms with E-state index in [1.54, 1.807) is 0 Å². The fourth-order valence-corrected chi connectivity index (χ4v) is 2.82. The van der Waals surface area contributed by atoms with Crippen LogP contribution in [0, 0.1) is 11.8 Å². The first kappa shape index (κ1) is 14.1. The van der Waals surface area contributed by atoms with Crippen LogP contribution in [0.4, 0.5) is 0 Å². The van der Waals surface area contributed by atoms with Crippen molar-refractivity contribution in [1.82, 2.24) is 4.90 Å². The summed E-state index contributed by atoms with van der Waals surface area (Å²) in [5.41, 5.74) is 8.34. The Morgan fingerprint density at radius 2 is 1.84 bits per heavy atom. The summed E-state index contributed by atoms with van der Waals surface area (Å²) in [6.07, 6.45) is 1.62. The Hall–Kier alpha value is -1.35. The average molecular weight is 260 g/mol. The van der Waals surface area contributed by atoms with Gasteiger partial charge in [0.15, 0.2) is 0 Å². The third kappa shape index (κ3) is 3.57. The summed E-state index contributed by atoms with van der Waals surface area (Å²) in [4.78, 5) is 14.3. The van der Waals surface area contributed by atoms with E-state index in [0.717, 1.165) is 19.5 Å². The molecule has 1 amide bonds. The lowest BCUT2D eigenvalue weighted by Crippen LogP contribution is -2.30. The molecule has 0 fully saturated rings. The molecule has 0 saturated carbocycles. The largest absolute Gasteiger partial charge is 0.334 e. The second-order valence-corrected chi connectivity index (χ2v) is 5.95. The van der Waals surface area contributed by atoms with Crippen molar-refractivity contribution >= 4 is 5.91 Å². The van der Waals surface area contributed by atoms with Crippen LogP contribution in [-0.2, 0) is 17.9 Å². The zero-order valence-electron chi connectivity index (χ0n) is 11.9. The third-order valence-electron chi connectivity index (χ3n) is 3.79. The highest BCUT2D eigenvalue weighted by Gasteiger charge is 2.24. The number of rotatable bonds is 5. The quantitative estimate of drug-likeness (QED) is 0.884. The maximum atomic E-state index is 12.3. The molecule has 104 valence electrons. The molecule has 0 bridgehead atoms.